The molecule has 1 fully saturated rings. The molecule has 5 nitrogen and oxygen atoms in total. The molecule has 0 N–H and O–H groups in total. The molecule has 0 saturated carbocycles. The average Bonchev–Trinajstić information content (AvgIpc) is 2.90. The number of rotatable bonds is 2. The number of hydrogen-bond donors (Lipinski definition) is 0. The number of aromatic nitrogens is 2. The van der Waals surface area contributed by atoms with Crippen LogP contribution in [0.5, 0.6) is 5.75 Å². The molecule has 1 aliphatic heterocycles. The van der Waals surface area contributed by atoms with E-state index in [2.05, 4.69) is 11.2 Å². The van der Waals surface area contributed by atoms with E-state index in [0.717, 1.165) is 36.8 Å². The summed E-state index contributed by atoms with van der Waals surface area (Å²) in [5.41, 5.74) is 1.47. The second-order valence-corrected chi connectivity index (χ2v) is 4.63. The Morgan fingerprint density at radius 3 is 3.05 bits per heavy atom. The van der Waals surface area contributed by atoms with Gasteiger partial charge in [0.2, 0.25) is 0 Å². The average molecular weight is 257 g/mol. The lowest BCUT2D eigenvalue weighted by Crippen LogP contribution is -2.18. The summed E-state index contributed by atoms with van der Waals surface area (Å²) in [6, 6.07) is 5.82. The summed E-state index contributed by atoms with van der Waals surface area (Å²) in [7, 11) is 1.60. The molecule has 2 heterocycles. The number of ether oxygens (including phenoxy) is 2. The molecule has 98 valence electrons. The van der Waals surface area contributed by atoms with Crippen molar-refractivity contribution in [1.29, 1.82) is 5.26 Å². The summed E-state index contributed by atoms with van der Waals surface area (Å²) < 4.78 is 12.9. The van der Waals surface area contributed by atoms with Crippen molar-refractivity contribution in [3.8, 4) is 11.8 Å². The molecule has 1 aliphatic rings. The molecule has 1 atom stereocenters. The van der Waals surface area contributed by atoms with Gasteiger partial charge in [-0.2, -0.15) is 10.4 Å². The lowest BCUT2D eigenvalue weighted by atomic mass is 10.1. The highest BCUT2D eigenvalue weighted by molar-refractivity contribution is 5.86. The molecule has 0 amide bonds. The van der Waals surface area contributed by atoms with Crippen LogP contribution in [0, 0.1) is 11.3 Å². The van der Waals surface area contributed by atoms with Gasteiger partial charge >= 0.3 is 0 Å². The van der Waals surface area contributed by atoms with Crippen LogP contribution in [0.15, 0.2) is 18.3 Å². The maximum absolute atomic E-state index is 9.20. The van der Waals surface area contributed by atoms with Gasteiger partial charge in [0.1, 0.15) is 11.8 Å². The van der Waals surface area contributed by atoms with Crippen molar-refractivity contribution >= 4 is 10.9 Å². The third kappa shape index (κ3) is 2.04. The monoisotopic (exact) mass is 257 g/mol. The van der Waals surface area contributed by atoms with E-state index in [0.29, 0.717) is 11.3 Å². The van der Waals surface area contributed by atoms with Gasteiger partial charge in [0.15, 0.2) is 6.23 Å². The largest absolute Gasteiger partial charge is 0.497 e. The van der Waals surface area contributed by atoms with Crippen LogP contribution >= 0.6 is 0 Å². The Morgan fingerprint density at radius 2 is 2.37 bits per heavy atom. The van der Waals surface area contributed by atoms with Crippen molar-refractivity contribution in [2.24, 2.45) is 0 Å². The van der Waals surface area contributed by atoms with Crippen LogP contribution in [0.1, 0.15) is 31.1 Å². The van der Waals surface area contributed by atoms with Crippen molar-refractivity contribution in [3.63, 3.8) is 0 Å². The van der Waals surface area contributed by atoms with Crippen LogP contribution in [-0.2, 0) is 4.74 Å². The number of nitriles is 1. The molecule has 0 bridgehead atoms. The molecule has 1 unspecified atom stereocenters. The summed E-state index contributed by atoms with van der Waals surface area (Å²) in [6.45, 7) is 0.765. The van der Waals surface area contributed by atoms with Gasteiger partial charge < -0.3 is 9.47 Å². The third-order valence-electron chi connectivity index (χ3n) is 3.47. The Balaban J connectivity index is 2.13. The van der Waals surface area contributed by atoms with Crippen LogP contribution in [0.2, 0.25) is 0 Å². The van der Waals surface area contributed by atoms with Crippen LogP contribution in [0.25, 0.3) is 10.9 Å². The van der Waals surface area contributed by atoms with E-state index in [1.807, 2.05) is 10.7 Å². The van der Waals surface area contributed by atoms with E-state index in [1.165, 1.54) is 0 Å². The number of fused-ring (bicyclic) bond motifs is 1. The summed E-state index contributed by atoms with van der Waals surface area (Å²) >= 11 is 0. The van der Waals surface area contributed by atoms with E-state index in [-0.39, 0.29) is 6.23 Å². The van der Waals surface area contributed by atoms with Crippen molar-refractivity contribution in [3.05, 3.63) is 23.9 Å². The first kappa shape index (κ1) is 12.0. The Bertz CT molecular complexity index is 636. The van der Waals surface area contributed by atoms with Crippen LogP contribution in [0.3, 0.4) is 0 Å². The molecule has 1 aromatic carbocycles. The fraction of sp³-hybridized carbons (Fsp3) is 0.429. The highest BCUT2D eigenvalue weighted by atomic mass is 16.5. The van der Waals surface area contributed by atoms with E-state index in [1.54, 1.807) is 19.4 Å². The molecule has 2 aromatic rings. The normalized spacial score (nSPS) is 19.3. The van der Waals surface area contributed by atoms with Crippen molar-refractivity contribution in [1.82, 2.24) is 9.78 Å². The van der Waals surface area contributed by atoms with Gasteiger partial charge in [0.25, 0.3) is 0 Å². The molecule has 5 heteroatoms. The fourth-order valence-electron chi connectivity index (χ4n) is 2.48. The van der Waals surface area contributed by atoms with E-state index >= 15 is 0 Å². The number of hydrogen-bond acceptors (Lipinski definition) is 4. The minimum absolute atomic E-state index is 0.0371. The predicted octanol–water partition coefficient (Wildman–Crippen LogP) is 2.62. The van der Waals surface area contributed by atoms with Crippen LogP contribution in [-0.4, -0.2) is 23.5 Å². The molecule has 0 radical (unpaired) electrons. The first-order valence-corrected chi connectivity index (χ1v) is 6.40. The molecule has 0 aliphatic carbocycles. The van der Waals surface area contributed by atoms with Gasteiger partial charge in [-0.1, -0.05) is 0 Å². The highest BCUT2D eigenvalue weighted by Crippen LogP contribution is 2.30. The van der Waals surface area contributed by atoms with Crippen molar-refractivity contribution in [2.75, 3.05) is 13.7 Å². The minimum Gasteiger partial charge on any atom is -0.497 e. The molecule has 1 saturated heterocycles. The van der Waals surface area contributed by atoms with E-state index in [9.17, 15) is 5.26 Å². The zero-order chi connectivity index (χ0) is 13.2. The van der Waals surface area contributed by atoms with Gasteiger partial charge in [0, 0.05) is 18.1 Å². The quantitative estimate of drug-likeness (QED) is 0.829. The summed E-state index contributed by atoms with van der Waals surface area (Å²) in [5, 5.41) is 14.4. The van der Waals surface area contributed by atoms with Gasteiger partial charge in [-0.05, 0) is 25.3 Å². The van der Waals surface area contributed by atoms with Crippen LogP contribution in [0.4, 0.5) is 0 Å². The zero-order valence-corrected chi connectivity index (χ0v) is 10.8. The maximum Gasteiger partial charge on any atom is 0.150 e. The van der Waals surface area contributed by atoms with Crippen molar-refractivity contribution in [2.45, 2.75) is 25.5 Å². The Morgan fingerprint density at radius 1 is 1.47 bits per heavy atom. The second-order valence-electron chi connectivity index (χ2n) is 4.63. The summed E-state index contributed by atoms with van der Waals surface area (Å²) in [6.07, 6.45) is 4.88. The Kier molecular flexibility index (Phi) is 3.10. The van der Waals surface area contributed by atoms with Gasteiger partial charge in [-0.25, -0.2) is 4.68 Å². The van der Waals surface area contributed by atoms with E-state index < -0.39 is 0 Å². The molecule has 19 heavy (non-hydrogen) atoms. The SMILES string of the molecule is COc1cc(C#N)c2cnn(C3CCCCO3)c2c1. The standard InChI is InChI=1S/C14H15N3O2/c1-18-11-6-10(8-15)12-9-16-17(13(12)7-11)14-4-2-3-5-19-14/h6-7,9,14H,2-5H2,1H3. The molecular weight excluding hydrogens is 242 g/mol. The Hall–Kier alpha value is -2.06. The Labute approximate surface area is 111 Å². The van der Waals surface area contributed by atoms with Crippen LogP contribution < -0.4 is 4.74 Å². The molecule has 3 rings (SSSR count). The first-order chi connectivity index (χ1) is 9.33. The topological polar surface area (TPSA) is 60.1 Å². The number of methoxy groups -OCH3 is 1. The fourth-order valence-corrected chi connectivity index (χ4v) is 2.48. The lowest BCUT2D eigenvalue weighted by Gasteiger charge is -2.23. The lowest BCUT2D eigenvalue weighted by molar-refractivity contribution is -0.0366. The maximum atomic E-state index is 9.20. The smallest absolute Gasteiger partial charge is 0.150 e. The highest BCUT2D eigenvalue weighted by Gasteiger charge is 2.20. The first-order valence-electron chi connectivity index (χ1n) is 6.40. The number of nitrogens with zero attached hydrogens (tertiary/aromatic N) is 3. The summed E-state index contributed by atoms with van der Waals surface area (Å²) in [5.74, 6) is 0.668. The minimum atomic E-state index is -0.0371. The van der Waals surface area contributed by atoms with Gasteiger partial charge in [0.05, 0.1) is 24.4 Å². The molecular formula is C14H15N3O2. The van der Waals surface area contributed by atoms with E-state index in [4.69, 9.17) is 9.47 Å². The number of benzene rings is 1. The predicted molar refractivity (Wildman–Crippen MR) is 69.8 cm³/mol. The summed E-state index contributed by atoms with van der Waals surface area (Å²) in [4.78, 5) is 0. The van der Waals surface area contributed by atoms with Gasteiger partial charge in [-0.15, -0.1) is 0 Å². The third-order valence-corrected chi connectivity index (χ3v) is 3.47. The second kappa shape index (κ2) is 4.90. The molecule has 0 spiro atoms. The van der Waals surface area contributed by atoms with Crippen molar-refractivity contribution < 1.29 is 9.47 Å². The van der Waals surface area contributed by atoms with Gasteiger partial charge in [-0.3, -0.25) is 0 Å². The zero-order valence-electron chi connectivity index (χ0n) is 10.8. The molecule has 1 aromatic heterocycles.